The van der Waals surface area contributed by atoms with Gasteiger partial charge in [0.15, 0.2) is 6.29 Å². The lowest BCUT2D eigenvalue weighted by molar-refractivity contribution is 0.111. The van der Waals surface area contributed by atoms with Gasteiger partial charge in [0, 0.05) is 10.4 Å². The maximum absolute atomic E-state index is 12.9. The van der Waals surface area contributed by atoms with E-state index in [-0.39, 0.29) is 10.6 Å². The van der Waals surface area contributed by atoms with Gasteiger partial charge in [0.05, 0.1) is 16.1 Å². The maximum atomic E-state index is 12.9. The zero-order valence-corrected chi connectivity index (χ0v) is 13.2. The summed E-state index contributed by atoms with van der Waals surface area (Å²) in [4.78, 5) is 11.4. The van der Waals surface area contributed by atoms with Gasteiger partial charge in [-0.2, -0.15) is 0 Å². The number of rotatable bonds is 3. The van der Waals surface area contributed by atoms with Crippen LogP contribution in [0, 0.1) is 6.92 Å². The Labute approximate surface area is 133 Å². The maximum Gasteiger partial charge on any atom is 0.268 e. The van der Waals surface area contributed by atoms with Gasteiger partial charge < -0.3 is 0 Å². The Morgan fingerprint density at radius 1 is 1.09 bits per heavy atom. The molecular weight excluding hydrogens is 322 g/mol. The van der Waals surface area contributed by atoms with E-state index in [0.29, 0.717) is 22.2 Å². The standard InChI is InChI=1S/C16H12ClNO3S/c1-11-5-7-13(8-6-11)22(20,21)18-12(10-19)9-14-15(17)3-2-4-16(14)18/h2-10H,1H3. The molecule has 0 atom stereocenters. The van der Waals surface area contributed by atoms with Crippen LogP contribution in [0.25, 0.3) is 10.9 Å². The Morgan fingerprint density at radius 2 is 1.77 bits per heavy atom. The molecule has 0 aliphatic carbocycles. The summed E-state index contributed by atoms with van der Waals surface area (Å²) in [6.45, 7) is 1.87. The Hall–Kier alpha value is -2.11. The van der Waals surface area contributed by atoms with E-state index in [0.717, 1.165) is 9.54 Å². The van der Waals surface area contributed by atoms with Crippen molar-refractivity contribution >= 4 is 38.8 Å². The van der Waals surface area contributed by atoms with Crippen molar-refractivity contribution in [2.75, 3.05) is 0 Å². The molecule has 0 unspecified atom stereocenters. The van der Waals surface area contributed by atoms with Crippen LogP contribution in [0.1, 0.15) is 16.1 Å². The number of halogens is 1. The summed E-state index contributed by atoms with van der Waals surface area (Å²) in [6.07, 6.45) is 0.516. The highest BCUT2D eigenvalue weighted by molar-refractivity contribution is 7.90. The molecular formula is C16H12ClNO3S. The molecule has 6 heteroatoms. The third-order valence-electron chi connectivity index (χ3n) is 3.46. The van der Waals surface area contributed by atoms with Crippen LogP contribution in [0.5, 0.6) is 0 Å². The highest BCUT2D eigenvalue weighted by Gasteiger charge is 2.23. The lowest BCUT2D eigenvalue weighted by Gasteiger charge is -2.09. The number of carbonyl (C=O) groups is 1. The molecule has 0 fully saturated rings. The third-order valence-corrected chi connectivity index (χ3v) is 5.54. The lowest BCUT2D eigenvalue weighted by Crippen LogP contribution is -2.15. The zero-order valence-electron chi connectivity index (χ0n) is 11.7. The number of fused-ring (bicyclic) bond motifs is 1. The molecule has 0 spiro atoms. The van der Waals surface area contributed by atoms with Gasteiger partial charge in [-0.25, -0.2) is 12.4 Å². The number of hydrogen-bond donors (Lipinski definition) is 0. The second kappa shape index (κ2) is 5.26. The summed E-state index contributed by atoms with van der Waals surface area (Å²) in [5.41, 5.74) is 1.38. The van der Waals surface area contributed by atoms with Gasteiger partial charge in [0.25, 0.3) is 10.0 Å². The van der Waals surface area contributed by atoms with Crippen molar-refractivity contribution < 1.29 is 13.2 Å². The summed E-state index contributed by atoms with van der Waals surface area (Å²) < 4.78 is 26.8. The second-order valence-corrected chi connectivity index (χ2v) is 7.14. The van der Waals surface area contributed by atoms with Crippen LogP contribution in [0.4, 0.5) is 0 Å². The zero-order chi connectivity index (χ0) is 15.9. The molecule has 0 bridgehead atoms. The van der Waals surface area contributed by atoms with Crippen molar-refractivity contribution in [3.05, 3.63) is 64.8 Å². The van der Waals surface area contributed by atoms with Crippen LogP contribution in [0.15, 0.2) is 53.4 Å². The van der Waals surface area contributed by atoms with Crippen LogP contribution in [-0.4, -0.2) is 18.7 Å². The van der Waals surface area contributed by atoms with E-state index in [1.165, 1.54) is 18.2 Å². The molecule has 0 amide bonds. The minimum Gasteiger partial charge on any atom is -0.296 e. The fourth-order valence-corrected chi connectivity index (χ4v) is 4.06. The number of aldehydes is 1. The molecule has 3 rings (SSSR count). The van der Waals surface area contributed by atoms with Gasteiger partial charge in [-0.05, 0) is 37.3 Å². The van der Waals surface area contributed by atoms with Gasteiger partial charge in [-0.3, -0.25) is 4.79 Å². The topological polar surface area (TPSA) is 56.1 Å². The Morgan fingerprint density at radius 3 is 2.41 bits per heavy atom. The molecule has 0 saturated heterocycles. The van der Waals surface area contributed by atoms with Crippen LogP contribution >= 0.6 is 11.6 Å². The normalized spacial score (nSPS) is 11.7. The van der Waals surface area contributed by atoms with Crippen molar-refractivity contribution in [1.82, 2.24) is 3.97 Å². The predicted molar refractivity (Wildman–Crippen MR) is 86.1 cm³/mol. The molecule has 2 aromatic carbocycles. The monoisotopic (exact) mass is 333 g/mol. The first-order chi connectivity index (χ1) is 10.4. The van der Waals surface area contributed by atoms with Crippen LogP contribution in [0.2, 0.25) is 5.02 Å². The van der Waals surface area contributed by atoms with Gasteiger partial charge in [-0.15, -0.1) is 0 Å². The van der Waals surface area contributed by atoms with E-state index in [1.807, 2.05) is 6.92 Å². The second-order valence-electron chi connectivity index (χ2n) is 4.94. The summed E-state index contributed by atoms with van der Waals surface area (Å²) in [5, 5.41) is 0.931. The van der Waals surface area contributed by atoms with Gasteiger partial charge >= 0.3 is 0 Å². The number of aromatic nitrogens is 1. The fourth-order valence-electron chi connectivity index (χ4n) is 2.36. The first-order valence-corrected chi connectivity index (χ1v) is 8.34. The van der Waals surface area contributed by atoms with E-state index in [2.05, 4.69) is 0 Å². The quantitative estimate of drug-likeness (QED) is 0.687. The van der Waals surface area contributed by atoms with Crippen molar-refractivity contribution in [3.63, 3.8) is 0 Å². The number of hydrogen-bond acceptors (Lipinski definition) is 3. The predicted octanol–water partition coefficient (Wildman–Crippen LogP) is 3.65. The average molecular weight is 334 g/mol. The van der Waals surface area contributed by atoms with Gasteiger partial charge in [0.1, 0.15) is 0 Å². The van der Waals surface area contributed by atoms with Gasteiger partial charge in [-0.1, -0.05) is 35.4 Å². The Balaban J connectivity index is 2.35. The molecule has 0 N–H and O–H groups in total. The number of nitrogens with zero attached hydrogens (tertiary/aromatic N) is 1. The molecule has 3 aromatic rings. The first-order valence-electron chi connectivity index (χ1n) is 6.52. The average Bonchev–Trinajstić information content (AvgIpc) is 2.88. The Kier molecular flexibility index (Phi) is 3.54. The highest BCUT2D eigenvalue weighted by atomic mass is 35.5. The van der Waals surface area contributed by atoms with Gasteiger partial charge in [0.2, 0.25) is 0 Å². The van der Waals surface area contributed by atoms with Crippen molar-refractivity contribution in [2.45, 2.75) is 11.8 Å². The molecule has 0 radical (unpaired) electrons. The third kappa shape index (κ3) is 2.23. The molecule has 22 heavy (non-hydrogen) atoms. The molecule has 112 valence electrons. The number of aryl methyl sites for hydroxylation is 1. The van der Waals surface area contributed by atoms with Crippen molar-refractivity contribution in [1.29, 1.82) is 0 Å². The Bertz CT molecular complexity index is 973. The van der Waals surface area contributed by atoms with Crippen LogP contribution in [-0.2, 0) is 10.0 Å². The largest absolute Gasteiger partial charge is 0.296 e. The fraction of sp³-hybridized carbons (Fsp3) is 0.0625. The summed E-state index contributed by atoms with van der Waals surface area (Å²) in [6, 6.07) is 12.9. The smallest absolute Gasteiger partial charge is 0.268 e. The lowest BCUT2D eigenvalue weighted by atomic mass is 10.2. The highest BCUT2D eigenvalue weighted by Crippen LogP contribution is 2.29. The number of benzene rings is 2. The summed E-state index contributed by atoms with van der Waals surface area (Å²) in [5.74, 6) is 0. The molecule has 0 aliphatic rings. The summed E-state index contributed by atoms with van der Waals surface area (Å²) in [7, 11) is -3.87. The first kappa shape index (κ1) is 14.8. The SMILES string of the molecule is Cc1ccc(S(=O)(=O)n2c(C=O)cc3c(Cl)cccc32)cc1. The van der Waals surface area contributed by atoms with E-state index < -0.39 is 10.0 Å². The van der Waals surface area contributed by atoms with E-state index in [1.54, 1.807) is 30.3 Å². The minimum absolute atomic E-state index is 0.0451. The molecule has 1 aromatic heterocycles. The van der Waals surface area contributed by atoms with E-state index in [9.17, 15) is 13.2 Å². The van der Waals surface area contributed by atoms with Crippen molar-refractivity contribution in [3.8, 4) is 0 Å². The van der Waals surface area contributed by atoms with E-state index >= 15 is 0 Å². The molecule has 0 saturated carbocycles. The van der Waals surface area contributed by atoms with Crippen molar-refractivity contribution in [2.24, 2.45) is 0 Å². The number of carbonyl (C=O) groups excluding carboxylic acids is 1. The molecule has 0 aliphatic heterocycles. The minimum atomic E-state index is -3.87. The molecule has 1 heterocycles. The van der Waals surface area contributed by atoms with Crippen LogP contribution in [0.3, 0.4) is 0 Å². The van der Waals surface area contributed by atoms with Crippen LogP contribution < -0.4 is 0 Å². The molecule has 4 nitrogen and oxygen atoms in total. The summed E-state index contributed by atoms with van der Waals surface area (Å²) >= 11 is 6.09. The van der Waals surface area contributed by atoms with E-state index in [4.69, 9.17) is 11.6 Å².